The Morgan fingerprint density at radius 2 is 1.79 bits per heavy atom. The first kappa shape index (κ1) is 19.2. The molecule has 0 aliphatic heterocycles. The highest BCUT2D eigenvalue weighted by atomic mass is 32.2. The van der Waals surface area contributed by atoms with E-state index in [1.807, 2.05) is 54.6 Å². The van der Waals surface area contributed by atoms with Crippen molar-refractivity contribution in [3.63, 3.8) is 0 Å². The van der Waals surface area contributed by atoms with Crippen molar-refractivity contribution in [1.82, 2.24) is 15.3 Å². The van der Waals surface area contributed by atoms with Gasteiger partial charge in [0.2, 0.25) is 5.91 Å². The number of benzene rings is 2. The van der Waals surface area contributed by atoms with Crippen LogP contribution in [0.15, 0.2) is 82.4 Å². The lowest BCUT2D eigenvalue weighted by Gasteiger charge is -2.08. The van der Waals surface area contributed by atoms with Gasteiger partial charge in [-0.2, -0.15) is 0 Å². The zero-order chi connectivity index (χ0) is 19.9. The molecule has 146 valence electrons. The van der Waals surface area contributed by atoms with Crippen molar-refractivity contribution in [2.24, 2.45) is 0 Å². The Balaban J connectivity index is 1.36. The van der Waals surface area contributed by atoms with Crippen LogP contribution in [0.2, 0.25) is 0 Å². The molecule has 1 N–H and O–H groups in total. The van der Waals surface area contributed by atoms with E-state index in [1.54, 1.807) is 6.26 Å². The molecule has 4 aromatic rings. The van der Waals surface area contributed by atoms with E-state index in [1.165, 1.54) is 17.3 Å². The first-order valence-corrected chi connectivity index (χ1v) is 10.5. The predicted octanol–water partition coefficient (Wildman–Crippen LogP) is 4.73. The summed E-state index contributed by atoms with van der Waals surface area (Å²) in [6, 6.07) is 21.7. The minimum absolute atomic E-state index is 0.00491. The van der Waals surface area contributed by atoms with Crippen molar-refractivity contribution in [3.05, 3.63) is 78.6 Å². The molecule has 0 radical (unpaired) electrons. The molecule has 0 atom stereocenters. The number of nitrogens with zero attached hydrogens (tertiary/aromatic N) is 2. The van der Waals surface area contributed by atoms with Crippen LogP contribution >= 0.6 is 11.8 Å². The van der Waals surface area contributed by atoms with Crippen LogP contribution in [0.4, 0.5) is 0 Å². The van der Waals surface area contributed by atoms with E-state index in [-0.39, 0.29) is 5.91 Å². The van der Waals surface area contributed by atoms with E-state index in [0.717, 1.165) is 28.8 Å². The third-order valence-corrected chi connectivity index (χ3v) is 5.45. The van der Waals surface area contributed by atoms with Crippen LogP contribution in [0.1, 0.15) is 12.0 Å². The predicted molar refractivity (Wildman–Crippen MR) is 116 cm³/mol. The molecular formula is C23H21N3O2S. The number of carbonyl (C=O) groups is 1. The number of aromatic nitrogens is 2. The lowest BCUT2D eigenvalue weighted by Crippen LogP contribution is -2.26. The molecule has 0 unspecified atom stereocenters. The van der Waals surface area contributed by atoms with Crippen LogP contribution in [0, 0.1) is 0 Å². The number of thioether (sulfide) groups is 1. The third kappa shape index (κ3) is 5.03. The highest BCUT2D eigenvalue weighted by Gasteiger charge is 2.13. The van der Waals surface area contributed by atoms with Gasteiger partial charge in [-0.15, -0.1) is 0 Å². The first-order chi connectivity index (χ1) is 14.3. The van der Waals surface area contributed by atoms with Gasteiger partial charge in [-0.05, 0) is 36.6 Å². The number of para-hydroxylation sites is 1. The molecule has 2 aromatic carbocycles. The van der Waals surface area contributed by atoms with Crippen molar-refractivity contribution in [2.75, 3.05) is 12.3 Å². The number of amides is 1. The summed E-state index contributed by atoms with van der Waals surface area (Å²) < 4.78 is 5.44. The van der Waals surface area contributed by atoms with E-state index >= 15 is 0 Å². The normalized spacial score (nSPS) is 10.9. The number of rotatable bonds is 8. The van der Waals surface area contributed by atoms with Crippen LogP contribution in [0.25, 0.3) is 22.5 Å². The number of hydrogen-bond acceptors (Lipinski definition) is 5. The molecule has 2 heterocycles. The fraction of sp³-hybridized carbons (Fsp3) is 0.174. The number of aryl methyl sites for hydroxylation is 1. The van der Waals surface area contributed by atoms with E-state index in [2.05, 4.69) is 27.4 Å². The summed E-state index contributed by atoms with van der Waals surface area (Å²) in [7, 11) is 0. The summed E-state index contributed by atoms with van der Waals surface area (Å²) in [4.78, 5) is 21.5. The zero-order valence-corrected chi connectivity index (χ0v) is 16.7. The molecule has 29 heavy (non-hydrogen) atoms. The SMILES string of the molecule is O=C(CSc1nc(-c2ccco2)nc2ccccc12)NCCCc1ccccc1. The number of carbonyl (C=O) groups excluding carboxylic acids is 1. The van der Waals surface area contributed by atoms with Crippen molar-refractivity contribution in [1.29, 1.82) is 0 Å². The Kier molecular flexibility index (Phi) is 6.22. The van der Waals surface area contributed by atoms with E-state index < -0.39 is 0 Å². The number of fused-ring (bicyclic) bond motifs is 1. The number of furan rings is 1. The molecular weight excluding hydrogens is 382 g/mol. The summed E-state index contributed by atoms with van der Waals surface area (Å²) in [5, 5.41) is 4.71. The number of hydrogen-bond donors (Lipinski definition) is 1. The van der Waals surface area contributed by atoms with Gasteiger partial charge in [0, 0.05) is 11.9 Å². The molecule has 6 heteroatoms. The molecule has 0 fully saturated rings. The Morgan fingerprint density at radius 1 is 0.966 bits per heavy atom. The average Bonchev–Trinajstić information content (AvgIpc) is 3.31. The molecule has 0 aliphatic carbocycles. The van der Waals surface area contributed by atoms with Gasteiger partial charge in [0.05, 0.1) is 17.5 Å². The Bertz CT molecular complexity index is 1080. The molecule has 0 aliphatic rings. The van der Waals surface area contributed by atoms with Gasteiger partial charge in [0.1, 0.15) is 5.03 Å². The average molecular weight is 404 g/mol. The smallest absolute Gasteiger partial charge is 0.230 e. The van der Waals surface area contributed by atoms with Crippen LogP contribution in [-0.4, -0.2) is 28.2 Å². The van der Waals surface area contributed by atoms with Crippen molar-refractivity contribution < 1.29 is 9.21 Å². The molecule has 0 bridgehead atoms. The first-order valence-electron chi connectivity index (χ1n) is 9.54. The minimum atomic E-state index is 0.00491. The molecule has 1 amide bonds. The lowest BCUT2D eigenvalue weighted by molar-refractivity contribution is -0.118. The molecule has 0 spiro atoms. The molecule has 0 saturated heterocycles. The maximum absolute atomic E-state index is 12.3. The van der Waals surface area contributed by atoms with Gasteiger partial charge in [-0.3, -0.25) is 4.79 Å². The van der Waals surface area contributed by atoms with Gasteiger partial charge >= 0.3 is 0 Å². The van der Waals surface area contributed by atoms with E-state index in [0.29, 0.717) is 23.9 Å². The second-order valence-corrected chi connectivity index (χ2v) is 7.54. The molecule has 2 aromatic heterocycles. The maximum Gasteiger partial charge on any atom is 0.230 e. The number of nitrogens with one attached hydrogen (secondary N) is 1. The van der Waals surface area contributed by atoms with Crippen molar-refractivity contribution in [3.8, 4) is 11.6 Å². The van der Waals surface area contributed by atoms with Gasteiger partial charge in [-0.25, -0.2) is 9.97 Å². The summed E-state index contributed by atoms with van der Waals surface area (Å²) in [6.07, 6.45) is 3.47. The van der Waals surface area contributed by atoms with Gasteiger partial charge in [0.25, 0.3) is 0 Å². The highest BCUT2D eigenvalue weighted by molar-refractivity contribution is 8.00. The van der Waals surface area contributed by atoms with Crippen LogP contribution in [0.5, 0.6) is 0 Å². The van der Waals surface area contributed by atoms with Crippen molar-refractivity contribution in [2.45, 2.75) is 17.9 Å². The summed E-state index contributed by atoms with van der Waals surface area (Å²) in [5.74, 6) is 1.46. The molecule has 4 rings (SSSR count). The lowest BCUT2D eigenvalue weighted by atomic mass is 10.1. The Hall–Kier alpha value is -3.12. The van der Waals surface area contributed by atoms with Crippen LogP contribution in [-0.2, 0) is 11.2 Å². The maximum atomic E-state index is 12.3. The second kappa shape index (κ2) is 9.39. The van der Waals surface area contributed by atoms with E-state index in [9.17, 15) is 4.79 Å². The fourth-order valence-electron chi connectivity index (χ4n) is 3.02. The molecule has 5 nitrogen and oxygen atoms in total. The quantitative estimate of drug-likeness (QED) is 0.262. The summed E-state index contributed by atoms with van der Waals surface area (Å²) in [5.41, 5.74) is 2.12. The second-order valence-electron chi connectivity index (χ2n) is 6.57. The Morgan fingerprint density at radius 3 is 2.62 bits per heavy atom. The van der Waals surface area contributed by atoms with Gasteiger partial charge in [0.15, 0.2) is 11.6 Å². The monoisotopic (exact) mass is 403 g/mol. The van der Waals surface area contributed by atoms with E-state index in [4.69, 9.17) is 4.42 Å². The third-order valence-electron chi connectivity index (χ3n) is 4.46. The Labute approximate surface area is 173 Å². The van der Waals surface area contributed by atoms with Crippen LogP contribution < -0.4 is 5.32 Å². The standard InChI is InChI=1S/C23H21N3O2S/c27-21(24-14-6-10-17-8-2-1-3-9-17)16-29-23-18-11-4-5-12-19(18)25-22(26-23)20-13-7-15-28-20/h1-5,7-9,11-13,15H,6,10,14,16H2,(H,24,27). The largest absolute Gasteiger partial charge is 0.461 e. The fourth-order valence-corrected chi connectivity index (χ4v) is 3.87. The highest BCUT2D eigenvalue weighted by Crippen LogP contribution is 2.28. The molecule has 0 saturated carbocycles. The topological polar surface area (TPSA) is 68.0 Å². The van der Waals surface area contributed by atoms with Gasteiger partial charge < -0.3 is 9.73 Å². The van der Waals surface area contributed by atoms with Crippen LogP contribution in [0.3, 0.4) is 0 Å². The summed E-state index contributed by atoms with van der Waals surface area (Å²) in [6.45, 7) is 0.663. The minimum Gasteiger partial charge on any atom is -0.461 e. The van der Waals surface area contributed by atoms with Crippen molar-refractivity contribution >= 4 is 28.6 Å². The zero-order valence-electron chi connectivity index (χ0n) is 15.9. The van der Waals surface area contributed by atoms with Gasteiger partial charge in [-0.1, -0.05) is 60.3 Å². The summed E-state index contributed by atoms with van der Waals surface area (Å²) >= 11 is 1.42.